The van der Waals surface area contributed by atoms with Crippen LogP contribution in [0.5, 0.6) is 0 Å². The summed E-state index contributed by atoms with van der Waals surface area (Å²) >= 11 is 0. The van der Waals surface area contributed by atoms with Crippen molar-refractivity contribution in [1.29, 1.82) is 0 Å². The van der Waals surface area contributed by atoms with Crippen molar-refractivity contribution in [1.82, 2.24) is 14.6 Å². The van der Waals surface area contributed by atoms with E-state index in [0.717, 1.165) is 16.6 Å². The van der Waals surface area contributed by atoms with Crippen LogP contribution < -0.4 is 10.7 Å². The second kappa shape index (κ2) is 6.67. The Morgan fingerprint density at radius 1 is 1.45 bits per heavy atom. The lowest BCUT2D eigenvalue weighted by Gasteiger charge is -2.20. The van der Waals surface area contributed by atoms with Gasteiger partial charge in [-0.05, 0) is 13.8 Å². The number of hydrogen-bond donors (Lipinski definition) is 2. The SMILES string of the molecule is CCN(CC(=O)NC(C)C)S(=O)(=O)c1c[nH]ccc1=O. The molecule has 7 nitrogen and oxygen atoms in total. The van der Waals surface area contributed by atoms with Crippen molar-refractivity contribution >= 4 is 15.9 Å². The third-order valence-corrected chi connectivity index (χ3v) is 4.47. The lowest BCUT2D eigenvalue weighted by molar-refractivity contribution is -0.121. The summed E-state index contributed by atoms with van der Waals surface area (Å²) in [6.07, 6.45) is 2.48. The zero-order chi connectivity index (χ0) is 15.3. The number of nitrogens with zero attached hydrogens (tertiary/aromatic N) is 1. The van der Waals surface area contributed by atoms with E-state index >= 15 is 0 Å². The molecule has 1 aromatic heterocycles. The third-order valence-electron chi connectivity index (χ3n) is 2.53. The highest BCUT2D eigenvalue weighted by Crippen LogP contribution is 2.09. The molecule has 0 fully saturated rings. The van der Waals surface area contributed by atoms with Crippen LogP contribution in [0.3, 0.4) is 0 Å². The van der Waals surface area contributed by atoms with Gasteiger partial charge in [-0.3, -0.25) is 9.59 Å². The highest BCUT2D eigenvalue weighted by atomic mass is 32.2. The lowest BCUT2D eigenvalue weighted by atomic mass is 10.4. The van der Waals surface area contributed by atoms with Gasteiger partial charge in [0.25, 0.3) is 0 Å². The third kappa shape index (κ3) is 3.91. The second-order valence-electron chi connectivity index (χ2n) is 4.53. The molecule has 0 saturated heterocycles. The molecule has 0 aliphatic carbocycles. The van der Waals surface area contributed by atoms with Gasteiger partial charge in [0.05, 0.1) is 6.54 Å². The molecule has 0 aliphatic rings. The Labute approximate surface area is 118 Å². The molecule has 0 spiro atoms. The molecule has 0 radical (unpaired) electrons. The summed E-state index contributed by atoms with van der Waals surface area (Å²) in [7, 11) is -3.98. The molecule has 1 rings (SSSR count). The lowest BCUT2D eigenvalue weighted by Crippen LogP contribution is -2.43. The van der Waals surface area contributed by atoms with Crippen LogP contribution in [0.2, 0.25) is 0 Å². The van der Waals surface area contributed by atoms with Crippen molar-refractivity contribution in [3.63, 3.8) is 0 Å². The zero-order valence-corrected chi connectivity index (χ0v) is 12.5. The number of carbonyl (C=O) groups excluding carboxylic acids is 1. The topological polar surface area (TPSA) is 99.3 Å². The first-order valence-electron chi connectivity index (χ1n) is 6.25. The highest BCUT2D eigenvalue weighted by molar-refractivity contribution is 7.89. The average Bonchev–Trinajstić information content (AvgIpc) is 2.35. The van der Waals surface area contributed by atoms with Crippen LogP contribution in [0, 0.1) is 0 Å². The predicted octanol–water partition coefficient (Wildman–Crippen LogP) is -0.0899. The molecule has 2 N–H and O–H groups in total. The molecular weight excluding hydrogens is 282 g/mol. The number of sulfonamides is 1. The Morgan fingerprint density at radius 3 is 2.60 bits per heavy atom. The van der Waals surface area contributed by atoms with Gasteiger partial charge in [0.2, 0.25) is 21.4 Å². The van der Waals surface area contributed by atoms with Gasteiger partial charge < -0.3 is 10.3 Å². The molecule has 20 heavy (non-hydrogen) atoms. The van der Waals surface area contributed by atoms with Crippen LogP contribution in [0.1, 0.15) is 20.8 Å². The first-order chi connectivity index (χ1) is 9.28. The van der Waals surface area contributed by atoms with Gasteiger partial charge in [0.1, 0.15) is 4.90 Å². The first kappa shape index (κ1) is 16.4. The number of aromatic amines is 1. The number of likely N-dealkylation sites (N-methyl/N-ethyl adjacent to an activating group) is 1. The molecule has 0 atom stereocenters. The summed E-state index contributed by atoms with van der Waals surface area (Å²) < 4.78 is 25.6. The second-order valence-corrected chi connectivity index (χ2v) is 6.43. The predicted molar refractivity (Wildman–Crippen MR) is 74.8 cm³/mol. The molecule has 0 aliphatic heterocycles. The number of H-pyrrole nitrogens is 1. The van der Waals surface area contributed by atoms with E-state index in [9.17, 15) is 18.0 Å². The van der Waals surface area contributed by atoms with E-state index in [1.165, 1.54) is 6.20 Å². The molecular formula is C12H19N3O4S. The van der Waals surface area contributed by atoms with E-state index in [4.69, 9.17) is 0 Å². The first-order valence-corrected chi connectivity index (χ1v) is 7.69. The van der Waals surface area contributed by atoms with Crippen molar-refractivity contribution in [2.75, 3.05) is 13.1 Å². The van der Waals surface area contributed by atoms with E-state index in [-0.39, 0.29) is 24.0 Å². The van der Waals surface area contributed by atoms with Gasteiger partial charge in [-0.25, -0.2) is 8.42 Å². The number of amides is 1. The number of aromatic nitrogens is 1. The average molecular weight is 301 g/mol. The maximum Gasteiger partial charge on any atom is 0.248 e. The Balaban J connectivity index is 3.03. The maximum absolute atomic E-state index is 12.3. The van der Waals surface area contributed by atoms with Crippen molar-refractivity contribution < 1.29 is 13.2 Å². The fourth-order valence-electron chi connectivity index (χ4n) is 1.64. The number of pyridine rings is 1. The number of nitrogens with one attached hydrogen (secondary N) is 2. The monoisotopic (exact) mass is 301 g/mol. The fourth-order valence-corrected chi connectivity index (χ4v) is 3.08. The zero-order valence-electron chi connectivity index (χ0n) is 11.7. The summed E-state index contributed by atoms with van der Waals surface area (Å²) in [5.41, 5.74) is -0.605. The molecule has 0 saturated carbocycles. The van der Waals surface area contributed by atoms with Gasteiger partial charge in [-0.1, -0.05) is 6.92 Å². The van der Waals surface area contributed by atoms with Crippen LogP contribution in [0.15, 0.2) is 28.2 Å². The van der Waals surface area contributed by atoms with Crippen molar-refractivity contribution in [3.05, 3.63) is 28.7 Å². The van der Waals surface area contributed by atoms with Crippen LogP contribution in [-0.2, 0) is 14.8 Å². The Hall–Kier alpha value is -1.67. The van der Waals surface area contributed by atoms with Crippen LogP contribution in [0.25, 0.3) is 0 Å². The Morgan fingerprint density at radius 2 is 2.10 bits per heavy atom. The summed E-state index contributed by atoms with van der Waals surface area (Å²) in [4.78, 5) is 25.5. The molecule has 1 heterocycles. The maximum atomic E-state index is 12.3. The summed E-state index contributed by atoms with van der Waals surface area (Å²) in [5, 5.41) is 2.61. The Bertz CT molecular complexity index is 622. The minimum atomic E-state index is -3.98. The molecule has 112 valence electrons. The van der Waals surface area contributed by atoms with Crippen LogP contribution >= 0.6 is 0 Å². The number of hydrogen-bond acceptors (Lipinski definition) is 4. The Kier molecular flexibility index (Phi) is 5.46. The van der Waals surface area contributed by atoms with Gasteiger partial charge in [-0.2, -0.15) is 4.31 Å². The molecule has 0 unspecified atom stereocenters. The van der Waals surface area contributed by atoms with Crippen molar-refractivity contribution in [3.8, 4) is 0 Å². The molecule has 1 amide bonds. The normalized spacial score (nSPS) is 11.8. The molecule has 1 aromatic rings. The van der Waals surface area contributed by atoms with E-state index in [1.807, 2.05) is 0 Å². The van der Waals surface area contributed by atoms with Gasteiger partial charge >= 0.3 is 0 Å². The smallest absolute Gasteiger partial charge is 0.248 e. The van der Waals surface area contributed by atoms with E-state index in [1.54, 1.807) is 20.8 Å². The minimum Gasteiger partial charge on any atom is -0.366 e. The summed E-state index contributed by atoms with van der Waals surface area (Å²) in [6, 6.07) is 1.05. The standard InChI is InChI=1S/C12H19N3O4S/c1-4-15(8-12(17)14-9(2)3)20(18,19)11-7-13-6-5-10(11)16/h5-7,9H,4,8H2,1-3H3,(H,13,16)(H,14,17). The highest BCUT2D eigenvalue weighted by Gasteiger charge is 2.27. The minimum absolute atomic E-state index is 0.0796. The van der Waals surface area contributed by atoms with Crippen LogP contribution in [0.4, 0.5) is 0 Å². The van der Waals surface area contributed by atoms with Crippen molar-refractivity contribution in [2.45, 2.75) is 31.7 Å². The summed E-state index contributed by atoms with van der Waals surface area (Å²) in [6.45, 7) is 4.96. The molecule has 0 aromatic carbocycles. The molecule has 0 bridgehead atoms. The van der Waals surface area contributed by atoms with Gasteiger partial charge in [0.15, 0.2) is 0 Å². The van der Waals surface area contributed by atoms with Crippen molar-refractivity contribution in [2.24, 2.45) is 0 Å². The van der Waals surface area contributed by atoms with Crippen LogP contribution in [-0.4, -0.2) is 42.7 Å². The quantitative estimate of drug-likeness (QED) is 0.767. The number of carbonyl (C=O) groups is 1. The van der Waals surface area contributed by atoms with Gasteiger partial charge in [-0.15, -0.1) is 0 Å². The fraction of sp³-hybridized carbons (Fsp3) is 0.500. The summed E-state index contributed by atoms with van der Waals surface area (Å²) in [5.74, 6) is -0.405. The van der Waals surface area contributed by atoms with E-state index in [0.29, 0.717) is 0 Å². The van der Waals surface area contributed by atoms with E-state index < -0.39 is 21.4 Å². The molecule has 8 heteroatoms. The largest absolute Gasteiger partial charge is 0.366 e. The number of rotatable bonds is 6. The van der Waals surface area contributed by atoms with E-state index in [2.05, 4.69) is 10.3 Å². The van der Waals surface area contributed by atoms with Gasteiger partial charge in [0, 0.05) is 31.0 Å².